The third-order valence-electron chi connectivity index (χ3n) is 8.18. The zero-order valence-electron chi connectivity index (χ0n) is 21.9. The van der Waals surface area contributed by atoms with E-state index < -0.39 is 0 Å². The van der Waals surface area contributed by atoms with Crippen LogP contribution in [0.1, 0.15) is 66.3 Å². The fraction of sp³-hybridized carbons (Fsp3) is 0.419. The van der Waals surface area contributed by atoms with Gasteiger partial charge in [0.15, 0.2) is 0 Å². The molecule has 1 aliphatic heterocycles. The molecule has 2 aliphatic carbocycles. The van der Waals surface area contributed by atoms with E-state index >= 15 is 0 Å². The molecule has 38 heavy (non-hydrogen) atoms. The van der Waals surface area contributed by atoms with Crippen molar-refractivity contribution in [2.45, 2.75) is 57.4 Å². The summed E-state index contributed by atoms with van der Waals surface area (Å²) in [4.78, 5) is 27.2. The van der Waals surface area contributed by atoms with E-state index in [1.54, 1.807) is 18.5 Å². The number of piperazine rings is 1. The average Bonchev–Trinajstić information content (AvgIpc) is 3.89. The molecule has 3 aromatic heterocycles. The normalized spacial score (nSPS) is 19.3. The maximum atomic E-state index is 13.2. The molecular weight excluding hydrogens is 474 g/mol. The predicted octanol–water partition coefficient (Wildman–Crippen LogP) is 5.50. The van der Waals surface area contributed by atoms with Crippen molar-refractivity contribution in [2.24, 2.45) is 5.92 Å². The average molecular weight is 508 g/mol. The largest absolute Gasteiger partial charge is 0.469 e. The third-order valence-corrected chi connectivity index (χ3v) is 8.18. The highest BCUT2D eigenvalue weighted by molar-refractivity contribution is 5.79. The van der Waals surface area contributed by atoms with Crippen LogP contribution in [0, 0.1) is 24.2 Å². The first kappa shape index (κ1) is 24.4. The number of aromatic nitrogens is 2. The SMILES string of the molecule is C=Cc1cc(-c2c(C3CC3)nc(N3CCN(C(=O)CCc4ccco4)C(C4CC4)C3)c(C#N)c2C)ccn1. The van der Waals surface area contributed by atoms with Gasteiger partial charge in [0.05, 0.1) is 29.3 Å². The lowest BCUT2D eigenvalue weighted by Gasteiger charge is -2.43. The number of anilines is 1. The van der Waals surface area contributed by atoms with Crippen LogP contribution in [0.3, 0.4) is 0 Å². The number of hydrogen-bond donors (Lipinski definition) is 0. The Bertz CT molecular complexity index is 1400. The number of carbonyl (C=O) groups is 1. The summed E-state index contributed by atoms with van der Waals surface area (Å²) >= 11 is 0. The topological polar surface area (TPSA) is 86.3 Å². The zero-order chi connectivity index (χ0) is 26.2. The minimum Gasteiger partial charge on any atom is -0.469 e. The molecule has 1 unspecified atom stereocenters. The second-order valence-electron chi connectivity index (χ2n) is 10.8. The molecule has 3 fully saturated rings. The summed E-state index contributed by atoms with van der Waals surface area (Å²) in [6.07, 6.45) is 10.8. The molecule has 0 aromatic carbocycles. The molecule has 7 heteroatoms. The Kier molecular flexibility index (Phi) is 6.49. The Hall–Kier alpha value is -3.92. The van der Waals surface area contributed by atoms with E-state index in [0.717, 1.165) is 71.9 Å². The summed E-state index contributed by atoms with van der Waals surface area (Å²) in [5, 5.41) is 10.3. The van der Waals surface area contributed by atoms with Crippen molar-refractivity contribution in [1.82, 2.24) is 14.9 Å². The monoisotopic (exact) mass is 507 g/mol. The predicted molar refractivity (Wildman–Crippen MR) is 146 cm³/mol. The summed E-state index contributed by atoms with van der Waals surface area (Å²) in [5.74, 6) is 2.75. The quantitative estimate of drug-likeness (QED) is 0.400. The first-order chi connectivity index (χ1) is 18.6. The van der Waals surface area contributed by atoms with Gasteiger partial charge in [-0.2, -0.15) is 5.26 Å². The second-order valence-corrected chi connectivity index (χ2v) is 10.8. The van der Waals surface area contributed by atoms with Crippen LogP contribution in [-0.2, 0) is 11.2 Å². The lowest BCUT2D eigenvalue weighted by atomic mass is 9.93. The highest BCUT2D eigenvalue weighted by Gasteiger charge is 2.42. The molecule has 2 saturated carbocycles. The highest BCUT2D eigenvalue weighted by Crippen LogP contribution is 2.47. The molecule has 194 valence electrons. The van der Waals surface area contributed by atoms with Crippen molar-refractivity contribution < 1.29 is 9.21 Å². The van der Waals surface area contributed by atoms with Gasteiger partial charge in [0.2, 0.25) is 5.91 Å². The molecule has 3 aromatic rings. The molecule has 4 heterocycles. The molecule has 6 rings (SSSR count). The molecule has 0 radical (unpaired) electrons. The molecule has 1 saturated heterocycles. The van der Waals surface area contributed by atoms with Crippen LogP contribution in [0.4, 0.5) is 5.82 Å². The Morgan fingerprint density at radius 3 is 2.79 bits per heavy atom. The van der Waals surface area contributed by atoms with Crippen LogP contribution in [0.2, 0.25) is 0 Å². The number of hydrogen-bond acceptors (Lipinski definition) is 6. The lowest BCUT2D eigenvalue weighted by Crippen LogP contribution is -2.56. The first-order valence-corrected chi connectivity index (χ1v) is 13.7. The lowest BCUT2D eigenvalue weighted by molar-refractivity contribution is -0.134. The molecule has 0 N–H and O–H groups in total. The van der Waals surface area contributed by atoms with Crippen LogP contribution >= 0.6 is 0 Å². The van der Waals surface area contributed by atoms with E-state index in [1.807, 2.05) is 31.2 Å². The second kappa shape index (κ2) is 10.1. The van der Waals surface area contributed by atoms with Crippen LogP contribution in [0.5, 0.6) is 0 Å². The number of amides is 1. The number of aryl methyl sites for hydroxylation is 1. The van der Waals surface area contributed by atoms with Gasteiger partial charge in [-0.1, -0.05) is 6.58 Å². The zero-order valence-corrected chi connectivity index (χ0v) is 21.9. The Labute approximate surface area is 223 Å². The van der Waals surface area contributed by atoms with E-state index in [2.05, 4.69) is 27.4 Å². The molecule has 7 nitrogen and oxygen atoms in total. The van der Waals surface area contributed by atoms with E-state index in [0.29, 0.717) is 43.3 Å². The summed E-state index contributed by atoms with van der Waals surface area (Å²) in [7, 11) is 0. The fourth-order valence-electron chi connectivity index (χ4n) is 5.83. The Balaban J connectivity index is 1.30. The van der Waals surface area contributed by atoms with E-state index in [1.165, 1.54) is 0 Å². The van der Waals surface area contributed by atoms with E-state index in [-0.39, 0.29) is 11.9 Å². The summed E-state index contributed by atoms with van der Waals surface area (Å²) in [6.45, 7) is 7.96. The van der Waals surface area contributed by atoms with Gasteiger partial charge >= 0.3 is 0 Å². The Morgan fingerprint density at radius 1 is 1.26 bits per heavy atom. The first-order valence-electron chi connectivity index (χ1n) is 13.7. The highest BCUT2D eigenvalue weighted by atomic mass is 16.3. The van der Waals surface area contributed by atoms with Crippen molar-refractivity contribution in [3.05, 3.63) is 71.6 Å². The summed E-state index contributed by atoms with van der Waals surface area (Å²) < 4.78 is 5.43. The fourth-order valence-corrected chi connectivity index (χ4v) is 5.83. The maximum Gasteiger partial charge on any atom is 0.223 e. The van der Waals surface area contributed by atoms with Crippen LogP contribution < -0.4 is 4.90 Å². The van der Waals surface area contributed by atoms with Gasteiger partial charge in [-0.25, -0.2) is 4.98 Å². The third kappa shape index (κ3) is 4.71. The van der Waals surface area contributed by atoms with Crippen LogP contribution in [0.25, 0.3) is 17.2 Å². The van der Waals surface area contributed by atoms with Gasteiger partial charge in [0.25, 0.3) is 0 Å². The minimum absolute atomic E-state index is 0.154. The number of nitriles is 1. The van der Waals surface area contributed by atoms with Crippen LogP contribution in [0.15, 0.2) is 47.7 Å². The van der Waals surface area contributed by atoms with Crippen LogP contribution in [-0.4, -0.2) is 46.5 Å². The smallest absolute Gasteiger partial charge is 0.223 e. The van der Waals surface area contributed by atoms with Crippen molar-refractivity contribution in [2.75, 3.05) is 24.5 Å². The van der Waals surface area contributed by atoms with Crippen molar-refractivity contribution in [1.29, 1.82) is 5.26 Å². The van der Waals surface area contributed by atoms with Gasteiger partial charge in [-0.3, -0.25) is 9.78 Å². The molecule has 0 spiro atoms. The van der Waals surface area contributed by atoms with Crippen molar-refractivity contribution in [3.8, 4) is 17.2 Å². The molecule has 3 aliphatic rings. The van der Waals surface area contributed by atoms with Gasteiger partial charge < -0.3 is 14.2 Å². The van der Waals surface area contributed by atoms with Crippen molar-refractivity contribution in [3.63, 3.8) is 0 Å². The number of rotatable bonds is 8. The summed E-state index contributed by atoms with van der Waals surface area (Å²) in [6, 6.07) is 10.5. The standard InChI is InChI=1S/C31H33N5O2/c1-3-24-17-23(12-13-33-24)29-20(2)26(18-32)31(34-30(29)22-8-9-22)35-14-15-36(27(19-35)21-6-7-21)28(37)11-10-25-5-4-16-38-25/h3-5,12-13,16-17,21-22,27H,1,6-11,14-15,19H2,2H3. The number of carbonyl (C=O) groups excluding carboxylic acids is 1. The summed E-state index contributed by atoms with van der Waals surface area (Å²) in [5.41, 5.74) is 5.59. The number of nitrogens with zero attached hydrogens (tertiary/aromatic N) is 5. The molecule has 1 amide bonds. The van der Waals surface area contributed by atoms with Gasteiger partial charge in [0.1, 0.15) is 17.6 Å². The number of furan rings is 1. The minimum atomic E-state index is 0.154. The van der Waals surface area contributed by atoms with E-state index in [4.69, 9.17) is 9.40 Å². The molecule has 0 bridgehead atoms. The van der Waals surface area contributed by atoms with Gasteiger partial charge in [0, 0.05) is 50.2 Å². The maximum absolute atomic E-state index is 13.2. The molecule has 1 atom stereocenters. The van der Waals surface area contributed by atoms with Crippen molar-refractivity contribution >= 4 is 17.8 Å². The Morgan fingerprint density at radius 2 is 2.11 bits per heavy atom. The van der Waals surface area contributed by atoms with Gasteiger partial charge in [-0.05, 0) is 80.0 Å². The number of pyridine rings is 2. The van der Waals surface area contributed by atoms with Gasteiger partial charge in [-0.15, -0.1) is 0 Å². The molecular formula is C31H33N5O2. The van der Waals surface area contributed by atoms with E-state index in [9.17, 15) is 10.1 Å².